The Hall–Kier alpha value is -4.28. The summed E-state index contributed by atoms with van der Waals surface area (Å²) < 4.78 is 27.9. The standard InChI is InChI=1S/C25H28N8O3/c1-26-25(35)21-19(12-20(31-32-21)30-24(34)15-8-9-15)29-18-7-5-6-17(22(18)36-2)23-27-13-16(14-28-23)33-10-3-4-11-33/h5-7,12-15H,3-4,8-11H2,1-2H3,(H,26,35)(H2,29,30,31,34)/i1D3. The quantitative estimate of drug-likeness (QED) is 0.435. The van der Waals surface area contributed by atoms with Gasteiger partial charge in [0.15, 0.2) is 23.1 Å². The molecule has 11 nitrogen and oxygen atoms in total. The fraction of sp³-hybridized carbons (Fsp3) is 0.360. The molecule has 0 spiro atoms. The highest BCUT2D eigenvalue weighted by Crippen LogP contribution is 2.37. The maximum Gasteiger partial charge on any atom is 0.273 e. The third-order valence-corrected chi connectivity index (χ3v) is 6.16. The predicted octanol–water partition coefficient (Wildman–Crippen LogP) is 2.99. The molecule has 1 aliphatic heterocycles. The molecule has 2 aliphatic rings. The zero-order valence-electron chi connectivity index (χ0n) is 22.7. The van der Waals surface area contributed by atoms with Gasteiger partial charge < -0.3 is 25.6 Å². The minimum absolute atomic E-state index is 0.0737. The second-order valence-electron chi connectivity index (χ2n) is 8.68. The number of anilines is 4. The van der Waals surface area contributed by atoms with Crippen LogP contribution < -0.4 is 25.6 Å². The number of nitrogens with one attached hydrogen (secondary N) is 3. The van der Waals surface area contributed by atoms with Crippen molar-refractivity contribution in [3.63, 3.8) is 0 Å². The van der Waals surface area contributed by atoms with Crippen molar-refractivity contribution in [2.75, 3.05) is 42.7 Å². The lowest BCUT2D eigenvalue weighted by atomic mass is 10.1. The Kier molecular flexibility index (Phi) is 5.63. The Morgan fingerprint density at radius 2 is 1.89 bits per heavy atom. The summed E-state index contributed by atoms with van der Waals surface area (Å²) in [6.45, 7) is -0.774. The van der Waals surface area contributed by atoms with Gasteiger partial charge in [-0.25, -0.2) is 9.97 Å². The molecular weight excluding hydrogens is 460 g/mol. The number of nitrogens with zero attached hydrogens (tertiary/aromatic N) is 5. The number of hydrogen-bond donors (Lipinski definition) is 3. The molecule has 2 aromatic heterocycles. The Balaban J connectivity index is 1.47. The van der Waals surface area contributed by atoms with Gasteiger partial charge in [0.05, 0.1) is 42.1 Å². The first kappa shape index (κ1) is 20.0. The fourth-order valence-corrected chi connectivity index (χ4v) is 4.12. The summed E-state index contributed by atoms with van der Waals surface area (Å²) in [4.78, 5) is 36.4. The van der Waals surface area contributed by atoms with E-state index in [1.165, 1.54) is 13.2 Å². The predicted molar refractivity (Wildman–Crippen MR) is 136 cm³/mol. The molecule has 3 N–H and O–H groups in total. The summed E-state index contributed by atoms with van der Waals surface area (Å²) in [6, 6.07) is 6.72. The number of carbonyl (C=O) groups is 2. The van der Waals surface area contributed by atoms with E-state index < -0.39 is 12.9 Å². The van der Waals surface area contributed by atoms with E-state index in [0.717, 1.165) is 44.5 Å². The first-order valence-corrected chi connectivity index (χ1v) is 11.7. The number of methoxy groups -OCH3 is 1. The average molecular weight is 492 g/mol. The van der Waals surface area contributed by atoms with Gasteiger partial charge in [-0.2, -0.15) is 0 Å². The molecule has 3 aromatic rings. The number of ether oxygens (including phenoxy) is 1. The number of carbonyl (C=O) groups excluding carboxylic acids is 2. The lowest BCUT2D eigenvalue weighted by Crippen LogP contribution is -2.22. The zero-order valence-corrected chi connectivity index (χ0v) is 19.7. The van der Waals surface area contributed by atoms with Gasteiger partial charge >= 0.3 is 0 Å². The Morgan fingerprint density at radius 3 is 2.58 bits per heavy atom. The number of rotatable bonds is 8. The van der Waals surface area contributed by atoms with E-state index in [2.05, 4.69) is 35.7 Å². The van der Waals surface area contributed by atoms with E-state index in [-0.39, 0.29) is 29.0 Å². The van der Waals surface area contributed by atoms with Gasteiger partial charge in [0, 0.05) is 36.2 Å². The van der Waals surface area contributed by atoms with Crippen LogP contribution in [0, 0.1) is 5.92 Å². The number of hydrogen-bond acceptors (Lipinski definition) is 9. The summed E-state index contributed by atoms with van der Waals surface area (Å²) in [5.74, 6) is -0.255. The van der Waals surface area contributed by atoms with Crippen LogP contribution in [0.2, 0.25) is 0 Å². The van der Waals surface area contributed by atoms with Gasteiger partial charge in [-0.05, 0) is 37.8 Å². The molecule has 1 saturated carbocycles. The van der Waals surface area contributed by atoms with Crippen LogP contribution in [0.4, 0.5) is 22.9 Å². The van der Waals surface area contributed by atoms with Crippen LogP contribution >= 0.6 is 0 Å². The summed E-state index contributed by atoms with van der Waals surface area (Å²) in [6.07, 6.45) is 7.46. The van der Waals surface area contributed by atoms with E-state index in [0.29, 0.717) is 22.8 Å². The number of benzene rings is 1. The molecule has 0 unspecified atom stereocenters. The normalized spacial score (nSPS) is 16.5. The van der Waals surface area contributed by atoms with Crippen LogP contribution in [0.1, 0.15) is 40.3 Å². The summed E-state index contributed by atoms with van der Waals surface area (Å²) in [7, 11) is 1.50. The van der Waals surface area contributed by atoms with E-state index in [1.807, 2.05) is 11.4 Å². The van der Waals surface area contributed by atoms with Crippen molar-refractivity contribution in [2.45, 2.75) is 25.7 Å². The number of para-hydroxylation sites is 1. The molecule has 11 heteroatoms. The highest BCUT2D eigenvalue weighted by atomic mass is 16.5. The highest BCUT2D eigenvalue weighted by Gasteiger charge is 2.30. The van der Waals surface area contributed by atoms with Crippen molar-refractivity contribution in [1.29, 1.82) is 0 Å². The minimum Gasteiger partial charge on any atom is -0.494 e. The van der Waals surface area contributed by atoms with Crippen LogP contribution in [0.25, 0.3) is 11.4 Å². The second kappa shape index (κ2) is 10.1. The monoisotopic (exact) mass is 491 g/mol. The lowest BCUT2D eigenvalue weighted by molar-refractivity contribution is -0.117. The molecule has 2 fully saturated rings. The average Bonchev–Trinajstić information content (AvgIpc) is 3.62. The van der Waals surface area contributed by atoms with Gasteiger partial charge in [0.1, 0.15) is 0 Å². The van der Waals surface area contributed by atoms with Crippen molar-refractivity contribution < 1.29 is 18.4 Å². The van der Waals surface area contributed by atoms with Crippen LogP contribution in [-0.2, 0) is 4.79 Å². The Morgan fingerprint density at radius 1 is 1.11 bits per heavy atom. The maximum absolute atomic E-state index is 12.8. The van der Waals surface area contributed by atoms with Gasteiger partial charge in [0.2, 0.25) is 5.91 Å². The van der Waals surface area contributed by atoms with Crippen LogP contribution in [0.5, 0.6) is 5.75 Å². The molecule has 1 aliphatic carbocycles. The molecule has 2 amide bonds. The maximum atomic E-state index is 12.8. The number of amides is 2. The lowest BCUT2D eigenvalue weighted by Gasteiger charge is -2.18. The minimum atomic E-state index is -2.73. The summed E-state index contributed by atoms with van der Waals surface area (Å²) >= 11 is 0. The first-order chi connectivity index (χ1) is 18.7. The van der Waals surface area contributed by atoms with Crippen molar-refractivity contribution in [3.05, 3.63) is 42.4 Å². The van der Waals surface area contributed by atoms with Gasteiger partial charge in [-0.3, -0.25) is 9.59 Å². The molecule has 0 atom stereocenters. The number of aromatic nitrogens is 4. The molecule has 1 saturated heterocycles. The highest BCUT2D eigenvalue weighted by molar-refractivity contribution is 6.00. The van der Waals surface area contributed by atoms with E-state index in [1.54, 1.807) is 24.5 Å². The van der Waals surface area contributed by atoms with Gasteiger partial charge in [-0.1, -0.05) is 6.07 Å². The molecule has 5 rings (SSSR count). The van der Waals surface area contributed by atoms with Crippen molar-refractivity contribution >= 4 is 34.7 Å². The molecule has 0 radical (unpaired) electrons. The van der Waals surface area contributed by atoms with Crippen LogP contribution in [0.15, 0.2) is 36.7 Å². The zero-order chi connectivity index (χ0) is 27.6. The first-order valence-electron chi connectivity index (χ1n) is 13.2. The van der Waals surface area contributed by atoms with E-state index in [4.69, 9.17) is 8.85 Å². The van der Waals surface area contributed by atoms with Gasteiger partial charge in [0.25, 0.3) is 5.91 Å². The molecule has 3 heterocycles. The van der Waals surface area contributed by atoms with Crippen LogP contribution in [-0.4, -0.2) is 59.2 Å². The molecule has 1 aromatic carbocycles. The molecule has 36 heavy (non-hydrogen) atoms. The van der Waals surface area contributed by atoms with Gasteiger partial charge in [-0.15, -0.1) is 10.2 Å². The Bertz CT molecular complexity index is 1370. The van der Waals surface area contributed by atoms with E-state index in [9.17, 15) is 9.59 Å². The molecular formula is C25H28N8O3. The fourth-order valence-electron chi connectivity index (χ4n) is 4.12. The van der Waals surface area contributed by atoms with Crippen molar-refractivity contribution in [1.82, 2.24) is 25.5 Å². The van der Waals surface area contributed by atoms with Crippen molar-refractivity contribution in [2.24, 2.45) is 5.92 Å². The molecule has 0 bridgehead atoms. The SMILES string of the molecule is [2H]C([2H])([2H])NC(=O)c1nnc(NC(=O)C2CC2)cc1Nc1cccc(-c2ncc(N3CCCC3)cn2)c1OC. The van der Waals surface area contributed by atoms with E-state index >= 15 is 0 Å². The Labute approximate surface area is 212 Å². The third-order valence-electron chi connectivity index (χ3n) is 6.16. The largest absolute Gasteiger partial charge is 0.494 e. The summed E-state index contributed by atoms with van der Waals surface area (Å²) in [5.41, 5.74) is 1.86. The van der Waals surface area contributed by atoms with Crippen molar-refractivity contribution in [3.8, 4) is 17.1 Å². The smallest absolute Gasteiger partial charge is 0.273 e. The topological polar surface area (TPSA) is 134 Å². The summed E-state index contributed by atoms with van der Waals surface area (Å²) in [5, 5.41) is 15.5. The molecule has 186 valence electrons. The third kappa shape index (κ3) is 4.90. The second-order valence-corrected chi connectivity index (χ2v) is 8.68. The van der Waals surface area contributed by atoms with Crippen LogP contribution in [0.3, 0.4) is 0 Å².